The number of hydrogen-bond acceptors (Lipinski definition) is 6. The van der Waals surface area contributed by atoms with Gasteiger partial charge in [0, 0.05) is 42.2 Å². The number of carbonyl (C=O) groups excluding carboxylic acids is 1. The van der Waals surface area contributed by atoms with Crippen molar-refractivity contribution in [2.24, 2.45) is 0 Å². The topological polar surface area (TPSA) is 94.8 Å². The van der Waals surface area contributed by atoms with Gasteiger partial charge in [0.1, 0.15) is 17.6 Å². The van der Waals surface area contributed by atoms with Crippen molar-refractivity contribution in [3.63, 3.8) is 0 Å². The maximum absolute atomic E-state index is 12.2. The van der Waals surface area contributed by atoms with E-state index >= 15 is 0 Å². The monoisotopic (exact) mass is 386 g/mol. The quantitative estimate of drug-likeness (QED) is 0.865. The van der Waals surface area contributed by atoms with Crippen molar-refractivity contribution in [2.45, 2.75) is 18.9 Å². The lowest BCUT2D eigenvalue weighted by Crippen LogP contribution is -2.48. The predicted molar refractivity (Wildman–Crippen MR) is 91.4 cm³/mol. The highest BCUT2D eigenvalue weighted by Gasteiger charge is 2.24. The molecule has 1 unspecified atom stereocenters. The zero-order valence-electron chi connectivity index (χ0n) is 12.8. The number of amides is 1. The van der Waals surface area contributed by atoms with Crippen LogP contribution in [0.2, 0.25) is 0 Å². The summed E-state index contributed by atoms with van der Waals surface area (Å²) in [5, 5.41) is 12.3. The summed E-state index contributed by atoms with van der Waals surface area (Å²) < 4.78 is 0.771. The van der Waals surface area contributed by atoms with Gasteiger partial charge in [0.15, 0.2) is 0 Å². The Morgan fingerprint density at radius 2 is 2.25 bits per heavy atom. The van der Waals surface area contributed by atoms with Crippen molar-refractivity contribution in [2.75, 3.05) is 18.0 Å². The minimum atomic E-state index is -0.237. The van der Waals surface area contributed by atoms with Gasteiger partial charge in [-0.2, -0.15) is 5.26 Å². The first-order valence-electron chi connectivity index (χ1n) is 7.55. The number of pyridine rings is 1. The van der Waals surface area contributed by atoms with Crippen LogP contribution in [0.25, 0.3) is 0 Å². The average molecular weight is 387 g/mol. The van der Waals surface area contributed by atoms with E-state index in [1.165, 1.54) is 18.6 Å². The van der Waals surface area contributed by atoms with Crippen molar-refractivity contribution < 1.29 is 4.79 Å². The van der Waals surface area contributed by atoms with Gasteiger partial charge >= 0.3 is 0 Å². The number of nitriles is 1. The first-order valence-corrected chi connectivity index (χ1v) is 8.34. The number of halogens is 1. The molecule has 2 aromatic rings. The summed E-state index contributed by atoms with van der Waals surface area (Å²) in [6, 6.07) is 3.91. The molecule has 1 N–H and O–H groups in total. The Kier molecular flexibility index (Phi) is 5.01. The highest BCUT2D eigenvalue weighted by atomic mass is 79.9. The Morgan fingerprint density at radius 1 is 1.38 bits per heavy atom. The fourth-order valence-electron chi connectivity index (χ4n) is 2.73. The van der Waals surface area contributed by atoms with Gasteiger partial charge in [0.2, 0.25) is 0 Å². The molecule has 3 heterocycles. The summed E-state index contributed by atoms with van der Waals surface area (Å²) in [6.45, 7) is 1.41. The summed E-state index contributed by atoms with van der Waals surface area (Å²) in [5.74, 6) is 0.415. The lowest BCUT2D eigenvalue weighted by molar-refractivity contribution is 0.0927. The average Bonchev–Trinajstić information content (AvgIpc) is 2.62. The molecule has 1 saturated heterocycles. The van der Waals surface area contributed by atoms with E-state index in [0.29, 0.717) is 23.6 Å². The lowest BCUT2D eigenvalue weighted by atomic mass is 10.0. The van der Waals surface area contributed by atoms with Crippen molar-refractivity contribution >= 4 is 27.7 Å². The summed E-state index contributed by atoms with van der Waals surface area (Å²) in [4.78, 5) is 26.5. The molecule has 122 valence electrons. The second-order valence-corrected chi connectivity index (χ2v) is 6.40. The fourth-order valence-corrected chi connectivity index (χ4v) is 3.06. The lowest BCUT2D eigenvalue weighted by Gasteiger charge is -2.34. The molecule has 0 saturated carbocycles. The smallest absolute Gasteiger partial charge is 0.271 e. The highest BCUT2D eigenvalue weighted by Crippen LogP contribution is 2.24. The minimum absolute atomic E-state index is 0.0229. The zero-order chi connectivity index (χ0) is 16.9. The Balaban J connectivity index is 1.71. The van der Waals surface area contributed by atoms with Crippen LogP contribution in [0.3, 0.4) is 0 Å². The molecule has 0 radical (unpaired) electrons. The summed E-state index contributed by atoms with van der Waals surface area (Å²) >= 11 is 3.33. The Hall–Kier alpha value is -2.53. The third kappa shape index (κ3) is 3.68. The van der Waals surface area contributed by atoms with E-state index in [0.717, 1.165) is 23.9 Å². The molecule has 1 amide bonds. The molecular formula is C16H15BrN6O. The number of anilines is 1. The minimum Gasteiger partial charge on any atom is -0.353 e. The third-order valence-electron chi connectivity index (χ3n) is 3.81. The van der Waals surface area contributed by atoms with Crippen molar-refractivity contribution in [1.82, 2.24) is 20.3 Å². The Morgan fingerprint density at radius 3 is 3.00 bits per heavy atom. The van der Waals surface area contributed by atoms with Crippen LogP contribution >= 0.6 is 15.9 Å². The molecule has 1 fully saturated rings. The Bertz CT molecular complexity index is 776. The molecule has 2 aromatic heterocycles. The molecule has 3 rings (SSSR count). The second-order valence-electron chi connectivity index (χ2n) is 5.49. The van der Waals surface area contributed by atoms with Crippen LogP contribution in [0.1, 0.15) is 28.9 Å². The van der Waals surface area contributed by atoms with Gasteiger partial charge in [-0.15, -0.1) is 0 Å². The van der Waals surface area contributed by atoms with E-state index in [1.54, 1.807) is 12.3 Å². The zero-order valence-corrected chi connectivity index (χ0v) is 14.4. The number of aromatic nitrogens is 3. The standard InChI is InChI=1S/C16H15BrN6O/c17-12-6-11(7-18)15(21-8-12)23-5-1-2-13(10-23)22-16(24)14-9-19-3-4-20-14/h3-4,6,8-9,13H,1-2,5,10H2,(H,22,24). The molecule has 1 aliphatic heterocycles. The third-order valence-corrected chi connectivity index (χ3v) is 4.24. The second kappa shape index (κ2) is 7.36. The molecule has 7 nitrogen and oxygen atoms in total. The van der Waals surface area contributed by atoms with Crippen LogP contribution in [0.4, 0.5) is 5.82 Å². The van der Waals surface area contributed by atoms with E-state index in [9.17, 15) is 10.1 Å². The number of rotatable bonds is 3. The molecule has 0 spiro atoms. The van der Waals surface area contributed by atoms with Gasteiger partial charge in [-0.25, -0.2) is 9.97 Å². The molecule has 0 aromatic carbocycles. The van der Waals surface area contributed by atoms with Crippen molar-refractivity contribution in [3.05, 3.63) is 46.6 Å². The summed E-state index contributed by atoms with van der Waals surface area (Å²) in [5.41, 5.74) is 0.819. The van der Waals surface area contributed by atoms with Crippen LogP contribution < -0.4 is 10.2 Å². The van der Waals surface area contributed by atoms with E-state index in [2.05, 4.69) is 42.3 Å². The van der Waals surface area contributed by atoms with Crippen LogP contribution in [0.5, 0.6) is 0 Å². The van der Waals surface area contributed by atoms with Gasteiger partial charge in [0.25, 0.3) is 5.91 Å². The summed E-state index contributed by atoms with van der Waals surface area (Å²) in [7, 11) is 0. The number of carbonyl (C=O) groups is 1. The van der Waals surface area contributed by atoms with Gasteiger partial charge < -0.3 is 10.2 Å². The molecule has 1 aliphatic rings. The van der Waals surface area contributed by atoms with Gasteiger partial charge in [-0.3, -0.25) is 9.78 Å². The van der Waals surface area contributed by atoms with E-state index < -0.39 is 0 Å². The SMILES string of the molecule is N#Cc1cc(Br)cnc1N1CCCC(NC(=O)c2cnccn2)C1. The highest BCUT2D eigenvalue weighted by molar-refractivity contribution is 9.10. The molecular weight excluding hydrogens is 372 g/mol. The number of nitrogens with zero attached hydrogens (tertiary/aromatic N) is 5. The molecule has 24 heavy (non-hydrogen) atoms. The first-order chi connectivity index (χ1) is 11.7. The van der Waals surface area contributed by atoms with E-state index in [4.69, 9.17) is 0 Å². The van der Waals surface area contributed by atoms with Crippen LogP contribution in [0.15, 0.2) is 35.3 Å². The van der Waals surface area contributed by atoms with E-state index in [-0.39, 0.29) is 11.9 Å². The maximum atomic E-state index is 12.2. The van der Waals surface area contributed by atoms with E-state index in [1.807, 2.05) is 4.90 Å². The van der Waals surface area contributed by atoms with Crippen LogP contribution in [0, 0.1) is 11.3 Å². The largest absolute Gasteiger partial charge is 0.353 e. The normalized spacial score (nSPS) is 17.2. The predicted octanol–water partition coefficient (Wildman–Crippen LogP) is 1.90. The van der Waals surface area contributed by atoms with Gasteiger partial charge in [-0.1, -0.05) is 0 Å². The van der Waals surface area contributed by atoms with Crippen LogP contribution in [-0.4, -0.2) is 40.0 Å². The molecule has 8 heteroatoms. The van der Waals surface area contributed by atoms with Crippen molar-refractivity contribution in [1.29, 1.82) is 5.26 Å². The molecule has 1 atom stereocenters. The van der Waals surface area contributed by atoms with Crippen molar-refractivity contribution in [3.8, 4) is 6.07 Å². The maximum Gasteiger partial charge on any atom is 0.271 e. The van der Waals surface area contributed by atoms with Crippen LogP contribution in [-0.2, 0) is 0 Å². The van der Waals surface area contributed by atoms with Gasteiger partial charge in [-0.05, 0) is 34.8 Å². The number of hydrogen-bond donors (Lipinski definition) is 1. The van der Waals surface area contributed by atoms with Gasteiger partial charge in [0.05, 0.1) is 11.8 Å². The number of piperidine rings is 1. The summed E-state index contributed by atoms with van der Waals surface area (Å²) in [6.07, 6.45) is 7.93. The molecule has 0 aliphatic carbocycles. The Labute approximate surface area is 147 Å². The number of nitrogens with one attached hydrogen (secondary N) is 1. The first kappa shape index (κ1) is 16.3. The molecule has 0 bridgehead atoms. The fraction of sp³-hybridized carbons (Fsp3) is 0.312.